The van der Waals surface area contributed by atoms with E-state index in [9.17, 15) is 13.2 Å². The molecule has 20 heavy (non-hydrogen) atoms. The highest BCUT2D eigenvalue weighted by Gasteiger charge is 2.32. The van der Waals surface area contributed by atoms with Crippen molar-refractivity contribution in [2.45, 2.75) is 19.5 Å². The third-order valence-corrected chi connectivity index (χ3v) is 3.19. The Morgan fingerprint density at radius 1 is 1.20 bits per heavy atom. The molecule has 0 aliphatic carbocycles. The van der Waals surface area contributed by atoms with Crippen LogP contribution in [0.1, 0.15) is 12.7 Å². The molecule has 0 unspecified atom stereocenters. The summed E-state index contributed by atoms with van der Waals surface area (Å²) in [4.78, 5) is 11.8. The fourth-order valence-electron chi connectivity index (χ4n) is 2.21. The molecule has 0 radical (unpaired) electrons. The van der Waals surface area contributed by atoms with Gasteiger partial charge in [-0.2, -0.15) is 13.2 Å². The lowest BCUT2D eigenvalue weighted by Crippen LogP contribution is -2.49. The van der Waals surface area contributed by atoms with Gasteiger partial charge in [-0.05, 0) is 0 Å². The van der Waals surface area contributed by atoms with Crippen LogP contribution in [0.3, 0.4) is 0 Å². The molecule has 0 amide bonds. The van der Waals surface area contributed by atoms with Gasteiger partial charge in [0.1, 0.15) is 17.5 Å². The Balaban J connectivity index is 1.98. The van der Waals surface area contributed by atoms with E-state index >= 15 is 0 Å². The second kappa shape index (κ2) is 5.82. The Labute approximate surface area is 115 Å². The predicted octanol–water partition coefficient (Wildman–Crippen LogP) is 1.31. The van der Waals surface area contributed by atoms with Gasteiger partial charge in [0, 0.05) is 38.7 Å². The molecule has 1 fully saturated rings. The van der Waals surface area contributed by atoms with E-state index < -0.39 is 12.7 Å². The third-order valence-electron chi connectivity index (χ3n) is 3.19. The van der Waals surface area contributed by atoms with Crippen molar-refractivity contribution in [3.8, 4) is 0 Å². The number of hydrogen-bond donors (Lipinski definition) is 1. The van der Waals surface area contributed by atoms with E-state index in [0.29, 0.717) is 50.1 Å². The molecule has 8 heteroatoms. The van der Waals surface area contributed by atoms with Crippen LogP contribution in [0.2, 0.25) is 0 Å². The Kier molecular flexibility index (Phi) is 4.32. The van der Waals surface area contributed by atoms with Crippen LogP contribution in [-0.2, 0) is 6.42 Å². The third kappa shape index (κ3) is 3.96. The second-order valence-electron chi connectivity index (χ2n) is 4.80. The summed E-state index contributed by atoms with van der Waals surface area (Å²) in [6.45, 7) is 2.83. The molecule has 2 rings (SSSR count). The molecule has 1 aromatic rings. The van der Waals surface area contributed by atoms with Crippen molar-refractivity contribution in [1.29, 1.82) is 0 Å². The Bertz CT molecular complexity index is 455. The highest BCUT2D eigenvalue weighted by atomic mass is 19.4. The largest absolute Gasteiger partial charge is 0.401 e. The summed E-state index contributed by atoms with van der Waals surface area (Å²) < 4.78 is 37.0. The van der Waals surface area contributed by atoms with Gasteiger partial charge in [-0.25, -0.2) is 9.97 Å². The Morgan fingerprint density at radius 3 is 2.40 bits per heavy atom. The number of halogens is 3. The Morgan fingerprint density at radius 2 is 1.85 bits per heavy atom. The summed E-state index contributed by atoms with van der Waals surface area (Å²) in [6.07, 6.45) is -3.47. The van der Waals surface area contributed by atoms with Crippen LogP contribution in [0.5, 0.6) is 0 Å². The molecule has 1 saturated heterocycles. The Hall–Kier alpha value is -1.57. The maximum Gasteiger partial charge on any atom is 0.401 e. The summed E-state index contributed by atoms with van der Waals surface area (Å²) in [7, 11) is 0. The summed E-state index contributed by atoms with van der Waals surface area (Å²) >= 11 is 0. The first kappa shape index (κ1) is 14.8. The highest BCUT2D eigenvalue weighted by molar-refractivity contribution is 5.47. The van der Waals surface area contributed by atoms with Crippen LogP contribution in [-0.4, -0.2) is 53.8 Å². The van der Waals surface area contributed by atoms with Crippen LogP contribution >= 0.6 is 0 Å². The molecule has 5 nitrogen and oxygen atoms in total. The number of alkyl halides is 3. The van der Waals surface area contributed by atoms with E-state index in [1.165, 1.54) is 4.90 Å². The van der Waals surface area contributed by atoms with Gasteiger partial charge < -0.3 is 10.6 Å². The number of hydrogen-bond acceptors (Lipinski definition) is 5. The summed E-state index contributed by atoms with van der Waals surface area (Å²) in [5, 5.41) is 0. The van der Waals surface area contributed by atoms with Crippen molar-refractivity contribution in [2.24, 2.45) is 0 Å². The van der Waals surface area contributed by atoms with Gasteiger partial charge in [-0.3, -0.25) is 4.90 Å². The number of rotatable bonds is 3. The molecule has 2 N–H and O–H groups in total. The standard InChI is InChI=1S/C12H18F3N5/c1-2-10-17-9(16)7-11(18-10)20-5-3-19(4-6-20)8-12(13,14)15/h7H,2-6,8H2,1H3,(H2,16,17,18). The van der Waals surface area contributed by atoms with Gasteiger partial charge in [-0.15, -0.1) is 0 Å². The van der Waals surface area contributed by atoms with Crippen molar-refractivity contribution >= 4 is 11.6 Å². The molecule has 0 saturated carbocycles. The number of aryl methyl sites for hydroxylation is 1. The van der Waals surface area contributed by atoms with Crippen LogP contribution in [0, 0.1) is 0 Å². The molecule has 0 bridgehead atoms. The maximum atomic E-state index is 12.3. The van der Waals surface area contributed by atoms with E-state index in [0.717, 1.165) is 0 Å². The second-order valence-corrected chi connectivity index (χ2v) is 4.80. The molecule has 1 aliphatic heterocycles. The lowest BCUT2D eigenvalue weighted by atomic mass is 10.3. The zero-order valence-corrected chi connectivity index (χ0v) is 11.3. The van der Waals surface area contributed by atoms with E-state index in [1.54, 1.807) is 6.07 Å². The van der Waals surface area contributed by atoms with Crippen molar-refractivity contribution in [3.63, 3.8) is 0 Å². The molecule has 2 heterocycles. The normalized spacial score (nSPS) is 17.5. The molecule has 112 valence electrons. The zero-order valence-electron chi connectivity index (χ0n) is 11.3. The molecule has 1 aromatic heterocycles. The fraction of sp³-hybridized carbons (Fsp3) is 0.667. The van der Waals surface area contributed by atoms with Gasteiger partial charge >= 0.3 is 6.18 Å². The van der Waals surface area contributed by atoms with Crippen molar-refractivity contribution in [1.82, 2.24) is 14.9 Å². The van der Waals surface area contributed by atoms with Crippen LogP contribution in [0.25, 0.3) is 0 Å². The summed E-state index contributed by atoms with van der Waals surface area (Å²) in [5.41, 5.74) is 5.72. The monoisotopic (exact) mass is 289 g/mol. The number of piperazine rings is 1. The first-order chi connectivity index (χ1) is 9.37. The van der Waals surface area contributed by atoms with Crippen LogP contribution < -0.4 is 10.6 Å². The van der Waals surface area contributed by atoms with E-state index in [2.05, 4.69) is 9.97 Å². The number of nitrogens with two attached hydrogens (primary N) is 1. The highest BCUT2D eigenvalue weighted by Crippen LogP contribution is 2.20. The van der Waals surface area contributed by atoms with Gasteiger partial charge in [0.05, 0.1) is 6.54 Å². The first-order valence-corrected chi connectivity index (χ1v) is 6.55. The molecular formula is C12H18F3N5. The van der Waals surface area contributed by atoms with E-state index in [4.69, 9.17) is 5.73 Å². The molecule has 0 aromatic carbocycles. The molecular weight excluding hydrogens is 271 g/mol. The van der Waals surface area contributed by atoms with Crippen molar-refractivity contribution in [3.05, 3.63) is 11.9 Å². The smallest absolute Gasteiger partial charge is 0.384 e. The van der Waals surface area contributed by atoms with Crippen LogP contribution in [0.15, 0.2) is 6.07 Å². The van der Waals surface area contributed by atoms with E-state index in [-0.39, 0.29) is 0 Å². The number of aromatic nitrogens is 2. The number of nitrogen functional groups attached to an aromatic ring is 1. The molecule has 1 aliphatic rings. The number of anilines is 2. The number of nitrogens with zero attached hydrogens (tertiary/aromatic N) is 4. The van der Waals surface area contributed by atoms with Gasteiger partial charge in [-0.1, -0.05) is 6.92 Å². The minimum atomic E-state index is -4.14. The van der Waals surface area contributed by atoms with Crippen molar-refractivity contribution < 1.29 is 13.2 Å². The lowest BCUT2D eigenvalue weighted by molar-refractivity contribution is -0.146. The predicted molar refractivity (Wildman–Crippen MR) is 70.5 cm³/mol. The average molecular weight is 289 g/mol. The fourth-order valence-corrected chi connectivity index (χ4v) is 2.21. The lowest BCUT2D eigenvalue weighted by Gasteiger charge is -2.35. The molecule has 0 spiro atoms. The van der Waals surface area contributed by atoms with Crippen molar-refractivity contribution in [2.75, 3.05) is 43.4 Å². The topological polar surface area (TPSA) is 58.3 Å². The van der Waals surface area contributed by atoms with E-state index in [1.807, 2.05) is 11.8 Å². The van der Waals surface area contributed by atoms with Gasteiger partial charge in [0.2, 0.25) is 0 Å². The summed E-state index contributed by atoms with van der Waals surface area (Å²) in [5.74, 6) is 1.74. The quantitative estimate of drug-likeness (QED) is 0.909. The molecule has 0 atom stereocenters. The van der Waals surface area contributed by atoms with Gasteiger partial charge in [0.25, 0.3) is 0 Å². The average Bonchev–Trinajstić information content (AvgIpc) is 2.37. The summed E-state index contributed by atoms with van der Waals surface area (Å²) in [6, 6.07) is 1.67. The maximum absolute atomic E-state index is 12.3. The van der Waals surface area contributed by atoms with Crippen LogP contribution in [0.4, 0.5) is 24.8 Å². The first-order valence-electron chi connectivity index (χ1n) is 6.55. The minimum Gasteiger partial charge on any atom is -0.384 e. The zero-order chi connectivity index (χ0) is 14.8. The minimum absolute atomic E-state index is 0.366. The van der Waals surface area contributed by atoms with Gasteiger partial charge in [0.15, 0.2) is 0 Å². The SMILES string of the molecule is CCc1nc(N)cc(N2CCN(CC(F)(F)F)CC2)n1.